The van der Waals surface area contributed by atoms with E-state index in [1.54, 1.807) is 18.5 Å². The lowest BCUT2D eigenvalue weighted by Gasteiger charge is -2.39. The molecule has 1 aromatic heterocycles. The van der Waals surface area contributed by atoms with Crippen molar-refractivity contribution >= 4 is 5.97 Å². The van der Waals surface area contributed by atoms with Crippen molar-refractivity contribution in [2.24, 2.45) is 0 Å². The molecule has 1 atom stereocenters. The summed E-state index contributed by atoms with van der Waals surface area (Å²) in [5, 5.41) is 8.95. The smallest absolute Gasteiger partial charge is 0.341 e. The number of nitrogens with zero attached hydrogens (tertiary/aromatic N) is 4. The molecule has 1 N–H and O–H groups in total. The maximum atomic E-state index is 10.9. The fourth-order valence-corrected chi connectivity index (χ4v) is 3.41. The molecule has 1 aliphatic heterocycles. The molecule has 2 aromatic rings. The zero-order chi connectivity index (χ0) is 19.2. The van der Waals surface area contributed by atoms with Gasteiger partial charge in [-0.25, -0.2) is 14.8 Å². The van der Waals surface area contributed by atoms with Crippen molar-refractivity contribution in [3.05, 3.63) is 42.2 Å². The quantitative estimate of drug-likeness (QED) is 0.800. The highest BCUT2D eigenvalue weighted by Crippen LogP contribution is 2.27. The van der Waals surface area contributed by atoms with E-state index < -0.39 is 5.97 Å². The molecule has 0 unspecified atom stereocenters. The number of carbonyl (C=O) groups is 1. The minimum Gasteiger partial charge on any atom is -0.482 e. The number of hydrogen-bond acceptors (Lipinski definition) is 6. The van der Waals surface area contributed by atoms with E-state index in [-0.39, 0.29) is 6.61 Å². The number of carboxylic acid groups (broad SMARTS) is 1. The van der Waals surface area contributed by atoms with E-state index in [4.69, 9.17) is 9.84 Å². The average molecular weight is 370 g/mol. The van der Waals surface area contributed by atoms with Gasteiger partial charge in [0.15, 0.2) is 12.4 Å². The number of piperazine rings is 1. The van der Waals surface area contributed by atoms with Crippen molar-refractivity contribution in [2.45, 2.75) is 25.9 Å². The molecule has 144 valence electrons. The normalized spacial score (nSPS) is 18.4. The van der Waals surface area contributed by atoms with E-state index in [1.807, 2.05) is 18.2 Å². The van der Waals surface area contributed by atoms with Crippen LogP contribution in [0.1, 0.15) is 18.9 Å². The second-order valence-electron chi connectivity index (χ2n) is 6.86. The van der Waals surface area contributed by atoms with Gasteiger partial charge in [0.25, 0.3) is 0 Å². The minimum absolute atomic E-state index is 0.353. The Labute approximate surface area is 159 Å². The number of aliphatic carboxylic acids is 1. The number of ether oxygens (including phenoxy) is 1. The third-order valence-corrected chi connectivity index (χ3v) is 4.96. The van der Waals surface area contributed by atoms with Gasteiger partial charge < -0.3 is 14.7 Å². The maximum absolute atomic E-state index is 10.9. The Balaban J connectivity index is 1.84. The van der Waals surface area contributed by atoms with Gasteiger partial charge in [0, 0.05) is 55.7 Å². The molecule has 1 saturated heterocycles. The fraction of sp³-hybridized carbons (Fsp3) is 0.450. The van der Waals surface area contributed by atoms with Gasteiger partial charge >= 0.3 is 5.97 Å². The minimum atomic E-state index is -0.984. The first-order chi connectivity index (χ1) is 13.1. The van der Waals surface area contributed by atoms with Crippen LogP contribution in [0.5, 0.6) is 5.75 Å². The van der Waals surface area contributed by atoms with Crippen LogP contribution in [0.25, 0.3) is 11.4 Å². The Kier molecular flexibility index (Phi) is 6.36. The molecule has 1 fully saturated rings. The first-order valence-electron chi connectivity index (χ1n) is 9.24. The van der Waals surface area contributed by atoms with Crippen LogP contribution in [0.15, 0.2) is 36.7 Å². The molecule has 0 amide bonds. The molecule has 3 rings (SSSR count). The molecule has 2 heterocycles. The Hall–Kier alpha value is -2.51. The van der Waals surface area contributed by atoms with Crippen LogP contribution in [0.2, 0.25) is 0 Å². The summed E-state index contributed by atoms with van der Waals surface area (Å²) in [4.78, 5) is 24.3. The summed E-state index contributed by atoms with van der Waals surface area (Å²) in [5.41, 5.74) is 1.86. The van der Waals surface area contributed by atoms with Crippen molar-refractivity contribution in [3.63, 3.8) is 0 Å². The number of aromatic nitrogens is 2. The van der Waals surface area contributed by atoms with Gasteiger partial charge in [-0.2, -0.15) is 0 Å². The van der Waals surface area contributed by atoms with Gasteiger partial charge in [-0.15, -0.1) is 0 Å². The van der Waals surface area contributed by atoms with Gasteiger partial charge in [-0.3, -0.25) is 4.90 Å². The summed E-state index contributed by atoms with van der Waals surface area (Å²) in [6, 6.07) is 8.00. The molecule has 7 heteroatoms. The molecule has 0 aliphatic carbocycles. The highest BCUT2D eigenvalue weighted by Gasteiger charge is 2.24. The third kappa shape index (κ3) is 5.02. The highest BCUT2D eigenvalue weighted by atomic mass is 16.5. The molecule has 27 heavy (non-hydrogen) atoms. The molecule has 1 aliphatic rings. The van der Waals surface area contributed by atoms with E-state index >= 15 is 0 Å². The average Bonchev–Trinajstić information content (AvgIpc) is 2.69. The van der Waals surface area contributed by atoms with Crippen LogP contribution in [0, 0.1) is 0 Å². The molecule has 0 saturated carbocycles. The van der Waals surface area contributed by atoms with Crippen molar-refractivity contribution in [3.8, 4) is 17.1 Å². The Morgan fingerprint density at radius 1 is 1.30 bits per heavy atom. The molecular formula is C20H26N4O3. The molecule has 0 radical (unpaired) electrons. The monoisotopic (exact) mass is 370 g/mol. The summed E-state index contributed by atoms with van der Waals surface area (Å²) < 4.78 is 5.53. The van der Waals surface area contributed by atoms with E-state index in [0.717, 1.165) is 37.2 Å². The Bertz CT molecular complexity index is 769. The number of benzene rings is 1. The summed E-state index contributed by atoms with van der Waals surface area (Å²) in [6.07, 6.45) is 4.53. The first-order valence-corrected chi connectivity index (χ1v) is 9.24. The zero-order valence-electron chi connectivity index (χ0n) is 15.8. The zero-order valence-corrected chi connectivity index (χ0v) is 15.8. The van der Waals surface area contributed by atoms with Gasteiger partial charge in [0.1, 0.15) is 5.75 Å². The number of likely N-dealkylation sites (N-methyl/N-ethyl adjacent to an activating group) is 1. The van der Waals surface area contributed by atoms with Crippen molar-refractivity contribution in [1.82, 2.24) is 19.8 Å². The topological polar surface area (TPSA) is 78.8 Å². The summed E-state index contributed by atoms with van der Waals surface area (Å²) in [6.45, 7) is 5.54. The lowest BCUT2D eigenvalue weighted by Crippen LogP contribution is -2.50. The number of rotatable bonds is 7. The van der Waals surface area contributed by atoms with Crippen LogP contribution in [-0.4, -0.2) is 70.2 Å². The largest absolute Gasteiger partial charge is 0.482 e. The maximum Gasteiger partial charge on any atom is 0.341 e. The SMILES string of the molecule is CC[C@H]1CN(Cc2cc(-c3ncccn3)ccc2OCC(=O)O)CCN1C. The molecule has 0 spiro atoms. The van der Waals surface area contributed by atoms with Crippen LogP contribution in [0.3, 0.4) is 0 Å². The van der Waals surface area contributed by atoms with Gasteiger partial charge in [-0.05, 0) is 37.7 Å². The first kappa shape index (κ1) is 19.3. The van der Waals surface area contributed by atoms with Gasteiger partial charge in [0.05, 0.1) is 0 Å². The predicted octanol–water partition coefficient (Wildman–Crippen LogP) is 2.13. The van der Waals surface area contributed by atoms with Crippen LogP contribution >= 0.6 is 0 Å². The van der Waals surface area contributed by atoms with Crippen molar-refractivity contribution < 1.29 is 14.6 Å². The van der Waals surface area contributed by atoms with Gasteiger partial charge in [0.2, 0.25) is 0 Å². The summed E-state index contributed by atoms with van der Waals surface area (Å²) in [7, 11) is 2.17. The van der Waals surface area contributed by atoms with Gasteiger partial charge in [-0.1, -0.05) is 6.92 Å². The van der Waals surface area contributed by atoms with E-state index in [0.29, 0.717) is 24.2 Å². The third-order valence-electron chi connectivity index (χ3n) is 4.96. The lowest BCUT2D eigenvalue weighted by molar-refractivity contribution is -0.139. The fourth-order valence-electron chi connectivity index (χ4n) is 3.41. The number of carboxylic acids is 1. The van der Waals surface area contributed by atoms with Crippen molar-refractivity contribution in [1.29, 1.82) is 0 Å². The molecule has 7 nitrogen and oxygen atoms in total. The van der Waals surface area contributed by atoms with E-state index in [2.05, 4.69) is 33.7 Å². The van der Waals surface area contributed by atoms with E-state index in [1.165, 1.54) is 0 Å². The molecule has 0 bridgehead atoms. The standard InChI is InChI=1S/C20H26N4O3/c1-3-17-13-24(10-9-23(17)2)12-16-11-15(20-21-7-4-8-22-20)5-6-18(16)27-14-19(25)26/h4-8,11,17H,3,9-10,12-14H2,1-2H3,(H,25,26)/t17-/m0/s1. The summed E-state index contributed by atoms with van der Waals surface area (Å²) in [5.74, 6) is 0.263. The van der Waals surface area contributed by atoms with E-state index in [9.17, 15) is 4.79 Å². The highest BCUT2D eigenvalue weighted by molar-refractivity contribution is 5.68. The molecular weight excluding hydrogens is 344 g/mol. The lowest BCUT2D eigenvalue weighted by atomic mass is 10.1. The van der Waals surface area contributed by atoms with Crippen LogP contribution in [-0.2, 0) is 11.3 Å². The molecule has 1 aromatic carbocycles. The Morgan fingerprint density at radius 3 is 2.78 bits per heavy atom. The Morgan fingerprint density at radius 2 is 2.07 bits per heavy atom. The number of hydrogen-bond donors (Lipinski definition) is 1. The van der Waals surface area contributed by atoms with Crippen LogP contribution < -0.4 is 4.74 Å². The van der Waals surface area contributed by atoms with Crippen LogP contribution in [0.4, 0.5) is 0 Å². The van der Waals surface area contributed by atoms with Crippen molar-refractivity contribution in [2.75, 3.05) is 33.3 Å². The second-order valence-corrected chi connectivity index (χ2v) is 6.86. The predicted molar refractivity (Wildman–Crippen MR) is 103 cm³/mol. The summed E-state index contributed by atoms with van der Waals surface area (Å²) >= 11 is 0. The second kappa shape index (κ2) is 8.92.